The lowest BCUT2D eigenvalue weighted by Crippen LogP contribution is -2.22. The summed E-state index contributed by atoms with van der Waals surface area (Å²) in [6.07, 6.45) is 0. The van der Waals surface area contributed by atoms with Crippen molar-refractivity contribution >= 4 is 51.6 Å². The van der Waals surface area contributed by atoms with Gasteiger partial charge in [0.05, 0.1) is 29.5 Å². The van der Waals surface area contributed by atoms with Crippen molar-refractivity contribution < 1.29 is 9.53 Å². The fourth-order valence-electron chi connectivity index (χ4n) is 3.61. The van der Waals surface area contributed by atoms with Crippen LogP contribution in [0.25, 0.3) is 22.4 Å². The molecule has 0 saturated heterocycles. The molecule has 0 unspecified atom stereocenters. The maximum atomic E-state index is 13.4. The van der Waals surface area contributed by atoms with Gasteiger partial charge in [0.15, 0.2) is 5.16 Å². The predicted octanol–water partition coefficient (Wildman–Crippen LogP) is 4.43. The molecule has 170 valence electrons. The second-order valence-corrected chi connectivity index (χ2v) is 8.70. The third-order valence-corrected chi connectivity index (χ3v) is 6.35. The van der Waals surface area contributed by atoms with E-state index >= 15 is 0 Å². The van der Waals surface area contributed by atoms with E-state index in [4.69, 9.17) is 16.3 Å². The Hall–Kier alpha value is -3.82. The van der Waals surface area contributed by atoms with Crippen LogP contribution in [0.4, 0.5) is 5.69 Å². The van der Waals surface area contributed by atoms with Crippen molar-refractivity contribution in [1.29, 1.82) is 0 Å². The van der Waals surface area contributed by atoms with Crippen LogP contribution in [-0.2, 0) is 4.79 Å². The van der Waals surface area contributed by atoms with Crippen molar-refractivity contribution in [3.8, 4) is 11.4 Å². The van der Waals surface area contributed by atoms with Crippen molar-refractivity contribution in [1.82, 2.24) is 19.2 Å². The summed E-state index contributed by atoms with van der Waals surface area (Å²) in [5, 5.41) is 13.0. The molecule has 0 bridgehead atoms. The van der Waals surface area contributed by atoms with Gasteiger partial charge in [-0.25, -0.2) is 4.57 Å². The Morgan fingerprint density at radius 1 is 1.06 bits per heavy atom. The van der Waals surface area contributed by atoms with Crippen LogP contribution in [0.15, 0.2) is 82.7 Å². The molecule has 0 aliphatic rings. The summed E-state index contributed by atoms with van der Waals surface area (Å²) < 4.78 is 8.61. The summed E-state index contributed by atoms with van der Waals surface area (Å²) in [5.74, 6) is 0.867. The number of anilines is 1. The number of methoxy groups -OCH3 is 1. The van der Waals surface area contributed by atoms with E-state index in [1.165, 1.54) is 16.3 Å². The zero-order valence-electron chi connectivity index (χ0n) is 17.9. The van der Waals surface area contributed by atoms with Gasteiger partial charge >= 0.3 is 0 Å². The molecule has 10 heteroatoms. The second kappa shape index (κ2) is 9.20. The highest BCUT2D eigenvalue weighted by Gasteiger charge is 2.19. The van der Waals surface area contributed by atoms with Crippen molar-refractivity contribution in [2.24, 2.45) is 0 Å². The molecule has 0 saturated carbocycles. The average molecular weight is 492 g/mol. The van der Waals surface area contributed by atoms with E-state index in [9.17, 15) is 9.59 Å². The van der Waals surface area contributed by atoms with Gasteiger partial charge in [-0.15, -0.1) is 10.2 Å². The van der Waals surface area contributed by atoms with Crippen LogP contribution in [0.1, 0.15) is 0 Å². The van der Waals surface area contributed by atoms with Crippen LogP contribution >= 0.6 is 23.4 Å². The number of carbonyl (C=O) groups excluding carboxylic acids is 1. The summed E-state index contributed by atoms with van der Waals surface area (Å²) in [7, 11) is 1.57. The predicted molar refractivity (Wildman–Crippen MR) is 133 cm³/mol. The molecule has 2 heterocycles. The van der Waals surface area contributed by atoms with Crippen molar-refractivity contribution in [3.05, 3.63) is 88.2 Å². The van der Waals surface area contributed by atoms with Gasteiger partial charge < -0.3 is 10.1 Å². The number of hydrogen-bond acceptors (Lipinski definition) is 6. The molecule has 0 spiro atoms. The lowest BCUT2D eigenvalue weighted by Gasteiger charge is -2.12. The van der Waals surface area contributed by atoms with Crippen molar-refractivity contribution in [2.45, 2.75) is 5.16 Å². The fraction of sp³-hybridized carbons (Fsp3) is 0.0833. The minimum atomic E-state index is -0.221. The Labute approximate surface area is 203 Å². The molecule has 0 radical (unpaired) electrons. The van der Waals surface area contributed by atoms with Crippen LogP contribution in [0.2, 0.25) is 5.02 Å². The second-order valence-electron chi connectivity index (χ2n) is 7.32. The molecule has 0 atom stereocenters. The molecule has 1 amide bonds. The average Bonchev–Trinajstić information content (AvgIpc) is 3.28. The van der Waals surface area contributed by atoms with E-state index in [1.807, 2.05) is 18.2 Å². The van der Waals surface area contributed by atoms with Gasteiger partial charge in [0.1, 0.15) is 5.75 Å². The maximum absolute atomic E-state index is 13.4. The van der Waals surface area contributed by atoms with Crippen LogP contribution in [0.3, 0.4) is 0 Å². The molecular weight excluding hydrogens is 474 g/mol. The Morgan fingerprint density at radius 2 is 1.85 bits per heavy atom. The number of fused-ring (bicyclic) bond motifs is 3. The normalized spacial score (nSPS) is 11.1. The van der Waals surface area contributed by atoms with E-state index in [-0.39, 0.29) is 17.2 Å². The first-order valence-electron chi connectivity index (χ1n) is 10.3. The minimum Gasteiger partial charge on any atom is -0.497 e. The molecule has 1 N–H and O–H groups in total. The highest BCUT2D eigenvalue weighted by Crippen LogP contribution is 2.24. The van der Waals surface area contributed by atoms with E-state index in [2.05, 4.69) is 15.5 Å². The highest BCUT2D eigenvalue weighted by atomic mass is 35.5. The molecule has 0 fully saturated rings. The lowest BCUT2D eigenvalue weighted by molar-refractivity contribution is -0.113. The first-order valence-corrected chi connectivity index (χ1v) is 11.6. The van der Waals surface area contributed by atoms with Crippen LogP contribution in [-0.4, -0.2) is 37.9 Å². The van der Waals surface area contributed by atoms with Gasteiger partial charge in [-0.05, 0) is 48.5 Å². The number of aromatic nitrogens is 4. The number of carbonyl (C=O) groups is 1. The number of nitrogens with zero attached hydrogens (tertiary/aromatic N) is 4. The molecule has 34 heavy (non-hydrogen) atoms. The molecule has 8 nitrogen and oxygen atoms in total. The SMILES string of the molecule is COc1cccc(-n2c(=O)c3ccccc3n3c(SCC(=O)Nc4ccc(Cl)cc4)nnc23)c1. The monoisotopic (exact) mass is 491 g/mol. The zero-order chi connectivity index (χ0) is 23.7. The Balaban J connectivity index is 1.55. The fourth-order valence-corrected chi connectivity index (χ4v) is 4.48. The van der Waals surface area contributed by atoms with E-state index < -0.39 is 0 Å². The zero-order valence-corrected chi connectivity index (χ0v) is 19.5. The molecule has 0 aliphatic carbocycles. The number of halogens is 1. The molecule has 5 aromatic rings. The summed E-state index contributed by atoms with van der Waals surface area (Å²) in [6, 6.07) is 21.3. The van der Waals surface area contributed by atoms with E-state index in [1.54, 1.807) is 66.1 Å². The maximum Gasteiger partial charge on any atom is 0.267 e. The molecule has 2 aromatic heterocycles. The van der Waals surface area contributed by atoms with Crippen LogP contribution < -0.4 is 15.6 Å². The van der Waals surface area contributed by atoms with E-state index in [0.29, 0.717) is 44.0 Å². The number of rotatable bonds is 6. The van der Waals surface area contributed by atoms with E-state index in [0.717, 1.165) is 0 Å². The number of hydrogen-bond donors (Lipinski definition) is 1. The number of thioether (sulfide) groups is 1. The summed E-state index contributed by atoms with van der Waals surface area (Å²) in [5.41, 5.74) is 1.69. The number of para-hydroxylation sites is 1. The lowest BCUT2D eigenvalue weighted by atomic mass is 10.2. The van der Waals surface area contributed by atoms with Crippen molar-refractivity contribution in [2.75, 3.05) is 18.2 Å². The number of ether oxygens (including phenoxy) is 1. The largest absolute Gasteiger partial charge is 0.497 e. The Bertz CT molecular complexity index is 1580. The minimum absolute atomic E-state index is 0.107. The number of nitrogens with one attached hydrogen (secondary N) is 1. The number of benzene rings is 3. The summed E-state index contributed by atoms with van der Waals surface area (Å²) in [4.78, 5) is 25.9. The summed E-state index contributed by atoms with van der Waals surface area (Å²) in [6.45, 7) is 0. The van der Waals surface area contributed by atoms with Gasteiger partial charge in [0.2, 0.25) is 11.7 Å². The topological polar surface area (TPSA) is 90.5 Å². The number of amides is 1. The molecular formula is C24H18ClN5O3S. The van der Waals surface area contributed by atoms with Crippen LogP contribution in [0, 0.1) is 0 Å². The van der Waals surface area contributed by atoms with Gasteiger partial charge in [0.25, 0.3) is 5.56 Å². The van der Waals surface area contributed by atoms with Crippen molar-refractivity contribution in [3.63, 3.8) is 0 Å². The van der Waals surface area contributed by atoms with Gasteiger partial charge in [-0.1, -0.05) is 41.6 Å². The van der Waals surface area contributed by atoms with Gasteiger partial charge in [0, 0.05) is 16.8 Å². The highest BCUT2D eigenvalue weighted by molar-refractivity contribution is 7.99. The molecule has 0 aliphatic heterocycles. The Kier molecular flexibility index (Phi) is 5.95. The third kappa shape index (κ3) is 4.11. The Morgan fingerprint density at radius 3 is 2.65 bits per heavy atom. The third-order valence-electron chi connectivity index (χ3n) is 5.17. The molecule has 3 aromatic carbocycles. The quantitative estimate of drug-likeness (QED) is 0.353. The van der Waals surface area contributed by atoms with Gasteiger partial charge in [-0.2, -0.15) is 0 Å². The smallest absolute Gasteiger partial charge is 0.267 e. The van der Waals surface area contributed by atoms with Crippen LogP contribution in [0.5, 0.6) is 5.75 Å². The summed E-state index contributed by atoms with van der Waals surface area (Å²) >= 11 is 7.13. The molecule has 5 rings (SSSR count). The first kappa shape index (κ1) is 22.0. The first-order chi connectivity index (χ1) is 16.5. The standard InChI is InChI=1S/C24H18ClN5O3S/c1-33-18-6-4-5-17(13-18)29-22(32)19-7-2-3-8-20(19)30-23(29)27-28-24(30)34-14-21(31)26-16-11-9-15(25)10-12-16/h2-13H,14H2,1H3,(H,26,31). The van der Waals surface area contributed by atoms with Gasteiger partial charge in [-0.3, -0.25) is 14.0 Å².